The van der Waals surface area contributed by atoms with Gasteiger partial charge in [0.2, 0.25) is 0 Å². The first-order valence-electron chi connectivity index (χ1n) is 4.76. The van der Waals surface area contributed by atoms with Crippen molar-refractivity contribution < 1.29 is 4.79 Å². The largest absolute Gasteiger partial charge is 0.342 e. The number of rotatable bonds is 4. The van der Waals surface area contributed by atoms with E-state index in [-0.39, 0.29) is 18.3 Å². The predicted molar refractivity (Wildman–Crippen MR) is 64.3 cm³/mol. The molecule has 0 atom stereocenters. The molecule has 1 aromatic rings. The Bertz CT molecular complexity index is 290. The minimum absolute atomic E-state index is 0. The Morgan fingerprint density at radius 3 is 2.47 bits per heavy atom. The van der Waals surface area contributed by atoms with E-state index in [9.17, 15) is 4.79 Å². The van der Waals surface area contributed by atoms with Crippen molar-refractivity contribution in [2.75, 3.05) is 20.1 Å². The smallest absolute Gasteiger partial charge is 0.253 e. The van der Waals surface area contributed by atoms with Gasteiger partial charge in [-0.3, -0.25) is 4.79 Å². The van der Waals surface area contributed by atoms with Crippen molar-refractivity contribution in [3.05, 3.63) is 35.9 Å². The lowest BCUT2D eigenvalue weighted by Crippen LogP contribution is -2.28. The van der Waals surface area contributed by atoms with Crippen molar-refractivity contribution in [2.24, 2.45) is 5.73 Å². The van der Waals surface area contributed by atoms with Crippen molar-refractivity contribution in [1.29, 1.82) is 0 Å². The van der Waals surface area contributed by atoms with Crippen molar-refractivity contribution in [3.8, 4) is 0 Å². The Hall–Kier alpha value is -1.06. The lowest BCUT2D eigenvalue weighted by Gasteiger charge is -2.16. The molecule has 0 saturated carbocycles. The highest BCUT2D eigenvalue weighted by Crippen LogP contribution is 2.02. The molecule has 2 N–H and O–H groups in total. The van der Waals surface area contributed by atoms with E-state index in [1.54, 1.807) is 11.9 Å². The van der Waals surface area contributed by atoms with Crippen LogP contribution in [0.5, 0.6) is 0 Å². The molecule has 0 fully saturated rings. The molecule has 0 aliphatic heterocycles. The molecule has 0 spiro atoms. The fraction of sp³-hybridized carbons (Fsp3) is 0.364. The highest BCUT2D eigenvalue weighted by atomic mass is 35.5. The van der Waals surface area contributed by atoms with Gasteiger partial charge in [0, 0.05) is 19.2 Å². The van der Waals surface area contributed by atoms with Gasteiger partial charge in [0.1, 0.15) is 0 Å². The number of carbonyl (C=O) groups is 1. The van der Waals surface area contributed by atoms with E-state index >= 15 is 0 Å². The summed E-state index contributed by atoms with van der Waals surface area (Å²) in [6.07, 6.45) is 0.842. The number of carbonyl (C=O) groups excluding carboxylic acids is 1. The summed E-state index contributed by atoms with van der Waals surface area (Å²) in [7, 11) is 1.80. The zero-order valence-corrected chi connectivity index (χ0v) is 9.67. The molecule has 0 saturated heterocycles. The third-order valence-electron chi connectivity index (χ3n) is 2.07. The van der Waals surface area contributed by atoms with E-state index in [0.717, 1.165) is 12.0 Å². The van der Waals surface area contributed by atoms with E-state index in [1.165, 1.54) is 0 Å². The molecule has 84 valence electrons. The summed E-state index contributed by atoms with van der Waals surface area (Å²) in [6.45, 7) is 1.33. The first-order chi connectivity index (χ1) is 6.75. The second-order valence-corrected chi connectivity index (χ2v) is 3.23. The van der Waals surface area contributed by atoms with Crippen LogP contribution in [0.15, 0.2) is 30.3 Å². The number of hydrogen-bond acceptors (Lipinski definition) is 2. The summed E-state index contributed by atoms with van der Waals surface area (Å²) in [5.41, 5.74) is 6.11. The highest BCUT2D eigenvalue weighted by molar-refractivity contribution is 5.93. The van der Waals surface area contributed by atoms with Crippen LogP contribution in [0.2, 0.25) is 0 Å². The van der Waals surface area contributed by atoms with Crippen LogP contribution in [-0.2, 0) is 0 Å². The van der Waals surface area contributed by atoms with Crippen LogP contribution in [0.3, 0.4) is 0 Å². The van der Waals surface area contributed by atoms with E-state index in [4.69, 9.17) is 5.73 Å². The van der Waals surface area contributed by atoms with Gasteiger partial charge in [0.25, 0.3) is 5.91 Å². The summed E-state index contributed by atoms with van der Waals surface area (Å²) < 4.78 is 0. The van der Waals surface area contributed by atoms with Gasteiger partial charge in [-0.05, 0) is 25.1 Å². The molecule has 4 heteroatoms. The maximum absolute atomic E-state index is 11.7. The standard InChI is InChI=1S/C11H16N2O.ClH/c1-13(9-5-8-12)11(14)10-6-3-2-4-7-10;/h2-4,6-7H,5,8-9,12H2,1H3;1H. The van der Waals surface area contributed by atoms with Crippen molar-refractivity contribution in [3.63, 3.8) is 0 Å². The molecular formula is C11H17ClN2O. The van der Waals surface area contributed by atoms with Crippen LogP contribution in [0.1, 0.15) is 16.8 Å². The van der Waals surface area contributed by atoms with Crippen LogP contribution in [0, 0.1) is 0 Å². The fourth-order valence-corrected chi connectivity index (χ4v) is 1.23. The molecule has 0 aromatic heterocycles. The number of amides is 1. The van der Waals surface area contributed by atoms with E-state index in [0.29, 0.717) is 13.1 Å². The SMILES string of the molecule is CN(CCCN)C(=O)c1ccccc1.Cl. The van der Waals surface area contributed by atoms with E-state index in [1.807, 2.05) is 30.3 Å². The Morgan fingerprint density at radius 2 is 1.93 bits per heavy atom. The quantitative estimate of drug-likeness (QED) is 0.850. The predicted octanol–water partition coefficient (Wildman–Crippen LogP) is 1.53. The van der Waals surface area contributed by atoms with Crippen LogP contribution in [0.25, 0.3) is 0 Å². The van der Waals surface area contributed by atoms with Gasteiger partial charge in [-0.15, -0.1) is 12.4 Å². The average molecular weight is 229 g/mol. The lowest BCUT2D eigenvalue weighted by atomic mass is 10.2. The van der Waals surface area contributed by atoms with Crippen LogP contribution >= 0.6 is 12.4 Å². The monoisotopic (exact) mass is 228 g/mol. The summed E-state index contributed by atoms with van der Waals surface area (Å²) in [5.74, 6) is 0.0547. The van der Waals surface area contributed by atoms with Crippen molar-refractivity contribution >= 4 is 18.3 Å². The third-order valence-corrected chi connectivity index (χ3v) is 2.07. The van der Waals surface area contributed by atoms with Crippen LogP contribution < -0.4 is 5.73 Å². The number of hydrogen-bond donors (Lipinski definition) is 1. The highest BCUT2D eigenvalue weighted by Gasteiger charge is 2.09. The number of nitrogens with two attached hydrogens (primary N) is 1. The van der Waals surface area contributed by atoms with E-state index < -0.39 is 0 Å². The zero-order chi connectivity index (χ0) is 10.4. The van der Waals surface area contributed by atoms with Gasteiger partial charge in [-0.1, -0.05) is 18.2 Å². The van der Waals surface area contributed by atoms with E-state index in [2.05, 4.69) is 0 Å². The number of benzene rings is 1. The summed E-state index contributed by atoms with van der Waals surface area (Å²) in [4.78, 5) is 13.4. The first-order valence-corrected chi connectivity index (χ1v) is 4.76. The molecule has 0 radical (unpaired) electrons. The minimum atomic E-state index is 0. The van der Waals surface area contributed by atoms with Gasteiger partial charge in [0.05, 0.1) is 0 Å². The van der Waals surface area contributed by atoms with Gasteiger partial charge >= 0.3 is 0 Å². The summed E-state index contributed by atoms with van der Waals surface area (Å²) in [6, 6.07) is 9.27. The van der Waals surface area contributed by atoms with Gasteiger partial charge in [-0.25, -0.2) is 0 Å². The second-order valence-electron chi connectivity index (χ2n) is 3.23. The van der Waals surface area contributed by atoms with Crippen molar-refractivity contribution in [1.82, 2.24) is 4.90 Å². The molecule has 3 nitrogen and oxygen atoms in total. The topological polar surface area (TPSA) is 46.3 Å². The normalized spacial score (nSPS) is 9.20. The molecule has 0 aliphatic rings. The molecule has 1 aromatic carbocycles. The average Bonchev–Trinajstić information content (AvgIpc) is 2.26. The maximum atomic E-state index is 11.7. The van der Waals surface area contributed by atoms with Gasteiger partial charge in [-0.2, -0.15) is 0 Å². The number of halogens is 1. The summed E-state index contributed by atoms with van der Waals surface area (Å²) in [5, 5.41) is 0. The Labute approximate surface area is 96.7 Å². The molecule has 1 rings (SSSR count). The summed E-state index contributed by atoms with van der Waals surface area (Å²) >= 11 is 0. The molecule has 0 aliphatic carbocycles. The molecule has 1 amide bonds. The van der Waals surface area contributed by atoms with Gasteiger partial charge < -0.3 is 10.6 Å². The maximum Gasteiger partial charge on any atom is 0.253 e. The van der Waals surface area contributed by atoms with Crippen LogP contribution in [-0.4, -0.2) is 30.9 Å². The number of nitrogens with zero attached hydrogens (tertiary/aromatic N) is 1. The molecular weight excluding hydrogens is 212 g/mol. The lowest BCUT2D eigenvalue weighted by molar-refractivity contribution is 0.0794. The Balaban J connectivity index is 0.00000196. The Kier molecular flexibility index (Phi) is 6.75. The van der Waals surface area contributed by atoms with Crippen LogP contribution in [0.4, 0.5) is 0 Å². The fourth-order valence-electron chi connectivity index (χ4n) is 1.23. The molecule has 15 heavy (non-hydrogen) atoms. The molecule has 0 unspecified atom stereocenters. The van der Waals surface area contributed by atoms with Crippen molar-refractivity contribution in [2.45, 2.75) is 6.42 Å². The minimum Gasteiger partial charge on any atom is -0.342 e. The zero-order valence-electron chi connectivity index (χ0n) is 8.85. The third kappa shape index (κ3) is 4.32. The van der Waals surface area contributed by atoms with Gasteiger partial charge in [0.15, 0.2) is 0 Å². The molecule has 0 bridgehead atoms. The second kappa shape index (κ2) is 7.26. The first kappa shape index (κ1) is 13.9. The molecule has 0 heterocycles. The Morgan fingerprint density at radius 1 is 1.33 bits per heavy atom.